The van der Waals surface area contributed by atoms with Crippen LogP contribution in [-0.2, 0) is 0 Å². The van der Waals surface area contributed by atoms with E-state index in [1.54, 1.807) is 43.0 Å². The number of ether oxygens (including phenoxy) is 2. The topological polar surface area (TPSA) is 81.9 Å². The van der Waals surface area contributed by atoms with Gasteiger partial charge >= 0.3 is 0 Å². The van der Waals surface area contributed by atoms with E-state index in [2.05, 4.69) is 11.9 Å². The highest BCUT2D eigenvalue weighted by molar-refractivity contribution is 7.13. The summed E-state index contributed by atoms with van der Waals surface area (Å²) >= 11 is 1.32. The second-order valence-electron chi connectivity index (χ2n) is 7.67. The fourth-order valence-electron chi connectivity index (χ4n) is 4.07. The van der Waals surface area contributed by atoms with Gasteiger partial charge < -0.3 is 13.9 Å². The van der Waals surface area contributed by atoms with E-state index in [0.717, 1.165) is 12.8 Å². The molecule has 2 aromatic carbocycles. The maximum absolute atomic E-state index is 13.5. The first-order chi connectivity index (χ1) is 16.1. The quantitative estimate of drug-likeness (QED) is 0.352. The molecule has 1 atom stereocenters. The Hall–Kier alpha value is -3.65. The average molecular weight is 463 g/mol. The van der Waals surface area contributed by atoms with Crippen molar-refractivity contribution in [2.45, 2.75) is 25.8 Å². The Morgan fingerprint density at radius 1 is 1.15 bits per heavy atom. The van der Waals surface area contributed by atoms with Crippen LogP contribution in [0, 0.1) is 0 Å². The van der Waals surface area contributed by atoms with Crippen LogP contribution in [0.25, 0.3) is 11.0 Å². The van der Waals surface area contributed by atoms with Crippen LogP contribution in [0.5, 0.6) is 11.5 Å². The van der Waals surface area contributed by atoms with Gasteiger partial charge in [-0.25, -0.2) is 4.98 Å². The van der Waals surface area contributed by atoms with Crippen molar-refractivity contribution in [3.63, 3.8) is 0 Å². The lowest BCUT2D eigenvalue weighted by molar-refractivity contribution is 0.0971. The Labute approximate surface area is 194 Å². The molecule has 5 rings (SSSR count). The molecule has 0 fully saturated rings. The van der Waals surface area contributed by atoms with Gasteiger partial charge in [-0.3, -0.25) is 14.5 Å². The lowest BCUT2D eigenvalue weighted by Crippen LogP contribution is -2.29. The minimum atomic E-state index is -0.696. The van der Waals surface area contributed by atoms with E-state index >= 15 is 0 Å². The van der Waals surface area contributed by atoms with Crippen LogP contribution < -0.4 is 19.8 Å². The van der Waals surface area contributed by atoms with E-state index in [1.807, 2.05) is 18.2 Å². The Balaban J connectivity index is 1.69. The number of benzene rings is 2. The number of amides is 1. The molecule has 0 saturated heterocycles. The second-order valence-corrected chi connectivity index (χ2v) is 8.55. The molecule has 0 radical (unpaired) electrons. The van der Waals surface area contributed by atoms with Crippen LogP contribution in [0.2, 0.25) is 0 Å². The van der Waals surface area contributed by atoms with Crippen LogP contribution in [0.4, 0.5) is 5.13 Å². The summed E-state index contributed by atoms with van der Waals surface area (Å²) in [7, 11) is 1.57. The lowest BCUT2D eigenvalue weighted by Gasteiger charge is -2.23. The number of fused-ring (bicyclic) bond motifs is 2. The van der Waals surface area contributed by atoms with Crippen molar-refractivity contribution in [3.05, 3.63) is 81.2 Å². The van der Waals surface area contributed by atoms with Crippen LogP contribution in [0.1, 0.15) is 47.5 Å². The molecule has 1 amide bonds. The third-order valence-corrected chi connectivity index (χ3v) is 6.43. The van der Waals surface area contributed by atoms with Gasteiger partial charge in [0.25, 0.3) is 5.91 Å². The van der Waals surface area contributed by atoms with Crippen molar-refractivity contribution >= 4 is 33.3 Å². The second kappa shape index (κ2) is 8.71. The van der Waals surface area contributed by atoms with Crippen molar-refractivity contribution in [1.29, 1.82) is 0 Å². The summed E-state index contributed by atoms with van der Waals surface area (Å²) in [5.41, 5.74) is 1.16. The van der Waals surface area contributed by atoms with Crippen LogP contribution in [0.15, 0.2) is 63.3 Å². The molecular weight excluding hydrogens is 440 g/mol. The number of aromatic nitrogens is 1. The van der Waals surface area contributed by atoms with Crippen molar-refractivity contribution < 1.29 is 18.7 Å². The number of carbonyl (C=O) groups is 1. The molecule has 4 aromatic rings. The first-order valence-electron chi connectivity index (χ1n) is 10.7. The van der Waals surface area contributed by atoms with E-state index in [0.29, 0.717) is 45.3 Å². The first-order valence-corrected chi connectivity index (χ1v) is 11.6. The van der Waals surface area contributed by atoms with Gasteiger partial charge in [0, 0.05) is 11.6 Å². The highest BCUT2D eigenvalue weighted by Crippen LogP contribution is 2.43. The van der Waals surface area contributed by atoms with Crippen molar-refractivity contribution in [3.8, 4) is 11.5 Å². The number of para-hydroxylation sites is 1. The van der Waals surface area contributed by atoms with Gasteiger partial charge in [-0.2, -0.15) is 0 Å². The van der Waals surface area contributed by atoms with Crippen molar-refractivity contribution in [2.24, 2.45) is 0 Å². The maximum Gasteiger partial charge on any atom is 0.297 e. The zero-order chi connectivity index (χ0) is 22.9. The summed E-state index contributed by atoms with van der Waals surface area (Å²) in [6.45, 7) is 2.68. The number of unbranched alkanes of at least 4 members (excludes halogenated alkanes) is 1. The first kappa shape index (κ1) is 21.2. The SMILES string of the molecule is CCCCOc1ccc([C@@H]2c3c(oc4ccccc4c3=O)C(=O)N2c2nccs2)cc1OC. The van der Waals surface area contributed by atoms with Crippen LogP contribution >= 0.6 is 11.3 Å². The summed E-state index contributed by atoms with van der Waals surface area (Å²) in [5.74, 6) is 0.801. The molecule has 1 aliphatic heterocycles. The fourth-order valence-corrected chi connectivity index (χ4v) is 4.73. The molecule has 0 spiro atoms. The average Bonchev–Trinajstić information content (AvgIpc) is 3.46. The summed E-state index contributed by atoms with van der Waals surface area (Å²) in [5, 5.41) is 2.71. The molecular formula is C25H22N2O5S. The molecule has 0 aliphatic carbocycles. The van der Waals surface area contributed by atoms with Gasteiger partial charge in [0.1, 0.15) is 5.58 Å². The molecule has 33 heavy (non-hydrogen) atoms. The number of thiazole rings is 1. The number of nitrogens with zero attached hydrogens (tertiary/aromatic N) is 2. The largest absolute Gasteiger partial charge is 0.493 e. The highest BCUT2D eigenvalue weighted by Gasteiger charge is 2.45. The highest BCUT2D eigenvalue weighted by atomic mass is 32.1. The smallest absolute Gasteiger partial charge is 0.297 e. The predicted molar refractivity (Wildman–Crippen MR) is 127 cm³/mol. The van der Waals surface area contributed by atoms with Gasteiger partial charge in [-0.15, -0.1) is 11.3 Å². The molecule has 7 nitrogen and oxygen atoms in total. The number of carbonyl (C=O) groups excluding carboxylic acids is 1. The zero-order valence-corrected chi connectivity index (χ0v) is 19.1. The summed E-state index contributed by atoms with van der Waals surface area (Å²) < 4.78 is 17.4. The normalized spacial score (nSPS) is 15.2. The molecule has 0 bridgehead atoms. The fraction of sp³-hybridized carbons (Fsp3) is 0.240. The number of rotatable bonds is 7. The van der Waals surface area contributed by atoms with Gasteiger partial charge in [0.05, 0.1) is 30.7 Å². The summed E-state index contributed by atoms with van der Waals surface area (Å²) in [6, 6.07) is 11.7. The number of anilines is 1. The standard InChI is InChI=1S/C25H22N2O5S/c1-3-4-12-31-18-10-9-15(14-19(18)30-2)21-20-22(28)16-7-5-6-8-17(16)32-23(20)24(29)27(21)25-26-11-13-33-25/h5-11,13-14,21H,3-4,12H2,1-2H3/t21-/m1/s1. The monoisotopic (exact) mass is 462 g/mol. The van der Waals surface area contributed by atoms with E-state index in [-0.39, 0.29) is 11.2 Å². The molecule has 0 N–H and O–H groups in total. The van der Waals surface area contributed by atoms with Gasteiger partial charge in [-0.1, -0.05) is 31.5 Å². The summed E-state index contributed by atoms with van der Waals surface area (Å²) in [6.07, 6.45) is 3.58. The van der Waals surface area contributed by atoms with Gasteiger partial charge in [0.2, 0.25) is 5.76 Å². The van der Waals surface area contributed by atoms with Crippen LogP contribution in [0.3, 0.4) is 0 Å². The Kier molecular flexibility index (Phi) is 5.60. The Bertz CT molecular complexity index is 1380. The summed E-state index contributed by atoms with van der Waals surface area (Å²) in [4.78, 5) is 32.9. The van der Waals surface area contributed by atoms with E-state index < -0.39 is 11.9 Å². The molecule has 0 unspecified atom stereocenters. The molecule has 3 heterocycles. The number of hydrogen-bond donors (Lipinski definition) is 0. The third-order valence-electron chi connectivity index (χ3n) is 5.66. The molecule has 0 saturated carbocycles. The lowest BCUT2D eigenvalue weighted by atomic mass is 9.98. The minimum absolute atomic E-state index is 0.0427. The van der Waals surface area contributed by atoms with E-state index in [1.165, 1.54) is 16.2 Å². The maximum atomic E-state index is 13.5. The molecule has 2 aromatic heterocycles. The molecule has 8 heteroatoms. The molecule has 168 valence electrons. The van der Waals surface area contributed by atoms with Crippen molar-refractivity contribution in [1.82, 2.24) is 4.98 Å². The Morgan fingerprint density at radius 2 is 2.00 bits per heavy atom. The third kappa shape index (κ3) is 3.56. The minimum Gasteiger partial charge on any atom is -0.493 e. The zero-order valence-electron chi connectivity index (χ0n) is 18.2. The van der Waals surface area contributed by atoms with E-state index in [9.17, 15) is 9.59 Å². The van der Waals surface area contributed by atoms with E-state index in [4.69, 9.17) is 13.9 Å². The van der Waals surface area contributed by atoms with Crippen molar-refractivity contribution in [2.75, 3.05) is 18.6 Å². The Morgan fingerprint density at radius 3 is 2.76 bits per heavy atom. The van der Waals surface area contributed by atoms with Crippen LogP contribution in [-0.4, -0.2) is 24.6 Å². The molecule has 1 aliphatic rings. The number of methoxy groups -OCH3 is 1. The predicted octanol–water partition coefficient (Wildman–Crippen LogP) is 5.19. The number of hydrogen-bond acceptors (Lipinski definition) is 7. The van der Waals surface area contributed by atoms with Gasteiger partial charge in [0.15, 0.2) is 22.1 Å². The van der Waals surface area contributed by atoms with Gasteiger partial charge in [-0.05, 0) is 36.2 Å².